The van der Waals surface area contributed by atoms with Crippen LogP contribution in [0.1, 0.15) is 19.3 Å². The smallest absolute Gasteiger partial charge is 0.325 e. The molecular weight excluding hydrogens is 274 g/mol. The maximum atomic E-state index is 12.0. The molecule has 3 heterocycles. The summed E-state index contributed by atoms with van der Waals surface area (Å²) in [5.41, 5.74) is 0. The minimum Gasteiger partial charge on any atom is -0.376 e. The number of hydrogen-bond donors (Lipinski definition) is 2. The van der Waals surface area contributed by atoms with Gasteiger partial charge in [-0.15, -0.1) is 0 Å². The number of aliphatic imine (C=N–C) groups is 1. The predicted molar refractivity (Wildman–Crippen MR) is 75.7 cm³/mol. The van der Waals surface area contributed by atoms with Crippen molar-refractivity contribution in [1.29, 1.82) is 0 Å². The van der Waals surface area contributed by atoms with Crippen LogP contribution in [0.15, 0.2) is 4.99 Å². The maximum absolute atomic E-state index is 12.0. The zero-order chi connectivity index (χ0) is 15.0. The lowest BCUT2D eigenvalue weighted by atomic mass is 10.1. The van der Waals surface area contributed by atoms with Crippen molar-refractivity contribution >= 4 is 17.9 Å². The topological polar surface area (TPSA) is 86.3 Å². The summed E-state index contributed by atoms with van der Waals surface area (Å²) in [6, 6.07) is -0.835. The minimum absolute atomic E-state index is 0.150. The highest BCUT2D eigenvalue weighted by molar-refractivity contribution is 6.04. The Hall–Kier alpha value is -1.83. The second kappa shape index (κ2) is 5.51. The molecule has 2 N–H and O–H groups in total. The van der Waals surface area contributed by atoms with Crippen LogP contribution in [0.25, 0.3) is 0 Å². The summed E-state index contributed by atoms with van der Waals surface area (Å²) < 4.78 is 5.65. The van der Waals surface area contributed by atoms with Crippen LogP contribution in [0, 0.1) is 0 Å². The van der Waals surface area contributed by atoms with Gasteiger partial charge in [-0.2, -0.15) is 0 Å². The third-order valence-electron chi connectivity index (χ3n) is 4.28. The van der Waals surface area contributed by atoms with E-state index in [1.54, 1.807) is 19.0 Å². The second-order valence-electron chi connectivity index (χ2n) is 5.70. The van der Waals surface area contributed by atoms with Crippen LogP contribution in [0.2, 0.25) is 0 Å². The number of guanidine groups is 1. The van der Waals surface area contributed by atoms with Gasteiger partial charge < -0.3 is 19.9 Å². The van der Waals surface area contributed by atoms with Gasteiger partial charge in [-0.1, -0.05) is 0 Å². The highest BCUT2D eigenvalue weighted by Crippen LogP contribution is 2.19. The number of imide groups is 1. The molecule has 3 amide bonds. The fourth-order valence-corrected chi connectivity index (χ4v) is 2.98. The van der Waals surface area contributed by atoms with Gasteiger partial charge in [-0.3, -0.25) is 15.1 Å². The summed E-state index contributed by atoms with van der Waals surface area (Å²) >= 11 is 0. The van der Waals surface area contributed by atoms with E-state index in [9.17, 15) is 9.59 Å². The van der Waals surface area contributed by atoms with Crippen LogP contribution >= 0.6 is 0 Å². The van der Waals surface area contributed by atoms with Crippen molar-refractivity contribution in [3.63, 3.8) is 0 Å². The Labute approximate surface area is 123 Å². The molecule has 3 aliphatic heterocycles. The van der Waals surface area contributed by atoms with Crippen molar-refractivity contribution in [2.75, 3.05) is 27.2 Å². The molecule has 3 saturated heterocycles. The number of carbonyl (C=O) groups is 2. The first-order valence-electron chi connectivity index (χ1n) is 7.31. The van der Waals surface area contributed by atoms with Crippen LogP contribution in [-0.4, -0.2) is 73.3 Å². The van der Waals surface area contributed by atoms with Gasteiger partial charge in [0.05, 0.1) is 12.6 Å². The number of likely N-dealkylation sites (N-methyl/N-ethyl adjacent to an activating group) is 2. The molecule has 0 aromatic rings. The Kier molecular flexibility index (Phi) is 3.71. The van der Waals surface area contributed by atoms with Gasteiger partial charge in [0.2, 0.25) is 0 Å². The molecule has 116 valence electrons. The summed E-state index contributed by atoms with van der Waals surface area (Å²) in [4.78, 5) is 31.4. The molecular formula is C13H21N5O3. The molecule has 0 bridgehead atoms. The van der Waals surface area contributed by atoms with Crippen molar-refractivity contribution in [2.24, 2.45) is 4.99 Å². The summed E-state index contributed by atoms with van der Waals surface area (Å²) in [6.07, 6.45) is 3.08. The average Bonchev–Trinajstić information content (AvgIpc) is 2.81. The monoisotopic (exact) mass is 295 g/mol. The molecule has 0 spiro atoms. The fourth-order valence-electron chi connectivity index (χ4n) is 2.98. The zero-order valence-corrected chi connectivity index (χ0v) is 12.3. The molecule has 8 nitrogen and oxygen atoms in total. The highest BCUT2D eigenvalue weighted by Gasteiger charge is 2.48. The maximum Gasteiger partial charge on any atom is 0.325 e. The van der Waals surface area contributed by atoms with E-state index in [0.717, 1.165) is 19.4 Å². The SMILES string of the molecule is CN1C(=O)NC(=O)C2C1NC(=NCC1CCCCO1)N2C. The number of fused-ring (bicyclic) bond motifs is 1. The molecule has 3 atom stereocenters. The summed E-state index contributed by atoms with van der Waals surface area (Å²) in [5.74, 6) is 0.341. The Morgan fingerprint density at radius 1 is 1.29 bits per heavy atom. The van der Waals surface area contributed by atoms with E-state index in [1.165, 1.54) is 11.3 Å². The number of carbonyl (C=O) groups excluding carboxylic acids is 2. The Morgan fingerprint density at radius 3 is 2.81 bits per heavy atom. The van der Waals surface area contributed by atoms with Gasteiger partial charge in [0.15, 0.2) is 5.96 Å². The van der Waals surface area contributed by atoms with Gasteiger partial charge in [0.25, 0.3) is 5.91 Å². The van der Waals surface area contributed by atoms with Crippen molar-refractivity contribution in [1.82, 2.24) is 20.4 Å². The predicted octanol–water partition coefficient (Wildman–Crippen LogP) is -0.677. The van der Waals surface area contributed by atoms with Crippen molar-refractivity contribution < 1.29 is 14.3 Å². The van der Waals surface area contributed by atoms with E-state index in [1.807, 2.05) is 0 Å². The van der Waals surface area contributed by atoms with Gasteiger partial charge in [0, 0.05) is 20.7 Å². The molecule has 0 aromatic carbocycles. The van der Waals surface area contributed by atoms with E-state index in [0.29, 0.717) is 12.5 Å². The Morgan fingerprint density at radius 2 is 2.10 bits per heavy atom. The average molecular weight is 295 g/mol. The molecule has 3 unspecified atom stereocenters. The van der Waals surface area contributed by atoms with E-state index < -0.39 is 6.04 Å². The zero-order valence-electron chi connectivity index (χ0n) is 12.3. The number of ether oxygens (including phenoxy) is 1. The molecule has 0 saturated carbocycles. The first kappa shape index (κ1) is 14.1. The lowest BCUT2D eigenvalue weighted by Gasteiger charge is -2.34. The largest absolute Gasteiger partial charge is 0.376 e. The number of nitrogens with zero attached hydrogens (tertiary/aromatic N) is 3. The fraction of sp³-hybridized carbons (Fsp3) is 0.769. The molecule has 0 aromatic heterocycles. The summed E-state index contributed by atoms with van der Waals surface area (Å²) in [7, 11) is 3.47. The molecule has 3 rings (SSSR count). The standard InChI is InChI=1S/C13H21N5O3/c1-17-9-10(18(2)13(20)16-11(9)19)15-12(17)14-7-8-5-3-4-6-21-8/h8-10H,3-7H2,1-2H3,(H,14,15)(H,16,19,20). The van der Waals surface area contributed by atoms with Gasteiger partial charge >= 0.3 is 6.03 Å². The second-order valence-corrected chi connectivity index (χ2v) is 5.70. The van der Waals surface area contributed by atoms with Crippen LogP contribution in [0.5, 0.6) is 0 Å². The summed E-state index contributed by atoms with van der Waals surface area (Å²) in [6.45, 7) is 1.37. The lowest BCUT2D eigenvalue weighted by molar-refractivity contribution is -0.126. The van der Waals surface area contributed by atoms with Crippen molar-refractivity contribution in [3.8, 4) is 0 Å². The van der Waals surface area contributed by atoms with Gasteiger partial charge in [-0.05, 0) is 19.3 Å². The third kappa shape index (κ3) is 2.55. The molecule has 0 radical (unpaired) electrons. The molecule has 0 aliphatic carbocycles. The minimum atomic E-state index is -0.446. The molecule has 3 aliphatic rings. The Bertz CT molecular complexity index is 474. The van der Waals surface area contributed by atoms with E-state index in [2.05, 4.69) is 15.6 Å². The molecule has 3 fully saturated rings. The first-order valence-corrected chi connectivity index (χ1v) is 7.31. The van der Waals surface area contributed by atoms with Gasteiger partial charge in [0.1, 0.15) is 12.2 Å². The van der Waals surface area contributed by atoms with Crippen LogP contribution in [-0.2, 0) is 9.53 Å². The quantitative estimate of drug-likeness (QED) is 0.705. The first-order chi connectivity index (χ1) is 10.1. The van der Waals surface area contributed by atoms with Crippen molar-refractivity contribution in [2.45, 2.75) is 37.6 Å². The van der Waals surface area contributed by atoms with E-state index in [-0.39, 0.29) is 24.2 Å². The summed E-state index contributed by atoms with van der Waals surface area (Å²) in [5, 5.41) is 5.50. The molecule has 21 heavy (non-hydrogen) atoms. The highest BCUT2D eigenvalue weighted by atomic mass is 16.5. The normalized spacial score (nSPS) is 34.8. The van der Waals surface area contributed by atoms with E-state index in [4.69, 9.17) is 4.74 Å². The van der Waals surface area contributed by atoms with E-state index >= 15 is 0 Å². The molecule has 8 heteroatoms. The van der Waals surface area contributed by atoms with Crippen LogP contribution < -0.4 is 10.6 Å². The van der Waals surface area contributed by atoms with Crippen LogP contribution in [0.4, 0.5) is 4.79 Å². The number of nitrogens with one attached hydrogen (secondary N) is 2. The van der Waals surface area contributed by atoms with Crippen molar-refractivity contribution in [3.05, 3.63) is 0 Å². The number of urea groups is 1. The number of rotatable bonds is 2. The number of hydrogen-bond acceptors (Lipinski definition) is 4. The third-order valence-corrected chi connectivity index (χ3v) is 4.28. The van der Waals surface area contributed by atoms with Gasteiger partial charge in [-0.25, -0.2) is 4.79 Å². The lowest BCUT2D eigenvalue weighted by Crippen LogP contribution is -2.64. The number of amides is 3. The Balaban J connectivity index is 1.70. The van der Waals surface area contributed by atoms with Crippen LogP contribution in [0.3, 0.4) is 0 Å².